The molecule has 0 heterocycles. The molecule has 0 saturated carbocycles. The lowest BCUT2D eigenvalue weighted by molar-refractivity contribution is -0.133. The summed E-state index contributed by atoms with van der Waals surface area (Å²) in [5.74, 6) is -1.60. The van der Waals surface area contributed by atoms with E-state index in [1.807, 2.05) is 30.3 Å². The lowest BCUT2D eigenvalue weighted by atomic mass is 10.0. The zero-order valence-corrected chi connectivity index (χ0v) is 14.5. The van der Waals surface area contributed by atoms with Crippen LogP contribution in [0.3, 0.4) is 0 Å². The van der Waals surface area contributed by atoms with E-state index in [9.17, 15) is 19.5 Å². The van der Waals surface area contributed by atoms with Gasteiger partial charge in [0.2, 0.25) is 17.7 Å². The molecule has 3 amide bonds. The van der Waals surface area contributed by atoms with Crippen LogP contribution in [-0.4, -0.2) is 53.8 Å². The number of hydrogen-bond acceptors (Lipinski definition) is 5. The highest BCUT2D eigenvalue weighted by Crippen LogP contribution is 2.05. The number of thiol groups is 1. The number of carbonyl (C=O) groups excluding carboxylic acids is 3. The molecule has 0 fully saturated rings. The molecular weight excluding hydrogens is 330 g/mol. The van der Waals surface area contributed by atoms with E-state index in [-0.39, 0.29) is 11.7 Å². The van der Waals surface area contributed by atoms with Gasteiger partial charge in [0.05, 0.1) is 11.9 Å². The van der Waals surface area contributed by atoms with E-state index < -0.39 is 30.0 Å². The van der Waals surface area contributed by atoms with Crippen molar-refractivity contribution in [1.82, 2.24) is 16.0 Å². The molecule has 132 valence electrons. The van der Waals surface area contributed by atoms with Crippen LogP contribution in [0.2, 0.25) is 0 Å². The average Bonchev–Trinajstić information content (AvgIpc) is 2.58. The molecule has 4 N–H and O–H groups in total. The van der Waals surface area contributed by atoms with Crippen LogP contribution in [0.4, 0.5) is 0 Å². The second-order valence-corrected chi connectivity index (χ2v) is 5.63. The molecule has 3 atom stereocenters. The van der Waals surface area contributed by atoms with Gasteiger partial charge in [-0.25, -0.2) is 0 Å². The number of aliphatic hydroxyl groups excluding tert-OH is 1. The minimum absolute atomic E-state index is 0.112. The highest BCUT2D eigenvalue weighted by atomic mass is 32.1. The fourth-order valence-electron chi connectivity index (χ4n) is 2.12. The molecule has 0 aliphatic carbocycles. The Morgan fingerprint density at radius 3 is 2.25 bits per heavy atom. The number of aliphatic hydroxyl groups is 1. The first kappa shape index (κ1) is 20.0. The molecule has 24 heavy (non-hydrogen) atoms. The Morgan fingerprint density at radius 2 is 1.75 bits per heavy atom. The van der Waals surface area contributed by atoms with Crippen molar-refractivity contribution >= 4 is 30.4 Å². The number of amides is 3. The number of hydrogen-bond donors (Lipinski definition) is 5. The van der Waals surface area contributed by atoms with E-state index in [4.69, 9.17) is 0 Å². The number of likely N-dealkylation sites (N-methyl/N-ethyl adjacent to an activating group) is 1. The molecule has 0 aromatic heterocycles. The third kappa shape index (κ3) is 6.21. The van der Waals surface area contributed by atoms with Gasteiger partial charge in [-0.2, -0.15) is 12.6 Å². The molecule has 0 spiro atoms. The Kier molecular flexibility index (Phi) is 8.28. The summed E-state index contributed by atoms with van der Waals surface area (Å²) < 4.78 is 0. The summed E-state index contributed by atoms with van der Waals surface area (Å²) >= 11 is 3.82. The van der Waals surface area contributed by atoms with Gasteiger partial charge < -0.3 is 21.1 Å². The molecule has 0 bridgehead atoms. The maximum Gasteiger partial charge on any atom is 0.245 e. The summed E-state index contributed by atoms with van der Waals surface area (Å²) in [6.45, 7) is 1.38. The van der Waals surface area contributed by atoms with Crippen molar-refractivity contribution in [3.63, 3.8) is 0 Å². The molecular formula is C16H23N3O4S. The van der Waals surface area contributed by atoms with Crippen molar-refractivity contribution in [2.75, 3.05) is 12.8 Å². The molecule has 0 aliphatic heterocycles. The fourth-order valence-corrected chi connectivity index (χ4v) is 2.21. The van der Waals surface area contributed by atoms with Gasteiger partial charge in [0.15, 0.2) is 0 Å². The summed E-state index contributed by atoms with van der Waals surface area (Å²) in [4.78, 5) is 35.8. The second-order valence-electron chi connectivity index (χ2n) is 5.31. The molecule has 8 heteroatoms. The van der Waals surface area contributed by atoms with Crippen LogP contribution in [-0.2, 0) is 20.8 Å². The van der Waals surface area contributed by atoms with Crippen molar-refractivity contribution < 1.29 is 19.5 Å². The number of nitrogens with one attached hydrogen (secondary N) is 3. The number of carbonyl (C=O) groups is 3. The van der Waals surface area contributed by atoms with E-state index in [1.165, 1.54) is 14.0 Å². The maximum atomic E-state index is 12.4. The van der Waals surface area contributed by atoms with Crippen molar-refractivity contribution in [2.24, 2.45) is 0 Å². The Hall–Kier alpha value is -2.06. The zero-order chi connectivity index (χ0) is 18.1. The van der Waals surface area contributed by atoms with E-state index in [0.29, 0.717) is 6.42 Å². The van der Waals surface area contributed by atoms with Gasteiger partial charge in [-0.05, 0) is 12.5 Å². The Balaban J connectivity index is 2.85. The molecule has 1 aromatic rings. The maximum absolute atomic E-state index is 12.4. The largest absolute Gasteiger partial charge is 0.391 e. The van der Waals surface area contributed by atoms with Gasteiger partial charge in [-0.15, -0.1) is 0 Å². The topological polar surface area (TPSA) is 108 Å². The van der Waals surface area contributed by atoms with Crippen LogP contribution in [0.1, 0.15) is 12.5 Å². The molecule has 0 aliphatic rings. The Bertz CT molecular complexity index is 566. The van der Waals surface area contributed by atoms with Gasteiger partial charge in [-0.1, -0.05) is 30.3 Å². The minimum Gasteiger partial charge on any atom is -0.391 e. The average molecular weight is 353 g/mol. The third-order valence-corrected chi connectivity index (χ3v) is 3.67. The predicted molar refractivity (Wildman–Crippen MR) is 93.6 cm³/mol. The Labute approximate surface area is 146 Å². The molecule has 1 rings (SSSR count). The van der Waals surface area contributed by atoms with Crippen LogP contribution in [0.15, 0.2) is 30.3 Å². The van der Waals surface area contributed by atoms with Crippen LogP contribution in [0, 0.1) is 0 Å². The minimum atomic E-state index is -1.16. The van der Waals surface area contributed by atoms with Gasteiger partial charge in [-0.3, -0.25) is 14.4 Å². The van der Waals surface area contributed by atoms with Crippen LogP contribution < -0.4 is 16.0 Å². The van der Waals surface area contributed by atoms with Gasteiger partial charge in [0.25, 0.3) is 0 Å². The summed E-state index contributed by atoms with van der Waals surface area (Å²) in [5, 5.41) is 17.2. The van der Waals surface area contributed by atoms with Crippen molar-refractivity contribution in [1.29, 1.82) is 0 Å². The van der Waals surface area contributed by atoms with Crippen LogP contribution in [0.5, 0.6) is 0 Å². The van der Waals surface area contributed by atoms with Crippen molar-refractivity contribution in [3.8, 4) is 0 Å². The van der Waals surface area contributed by atoms with Crippen molar-refractivity contribution in [2.45, 2.75) is 31.5 Å². The number of rotatable bonds is 8. The summed E-state index contributed by atoms with van der Waals surface area (Å²) in [5.41, 5.74) is 0.874. The predicted octanol–water partition coefficient (Wildman–Crippen LogP) is -0.745. The van der Waals surface area contributed by atoms with Crippen LogP contribution in [0.25, 0.3) is 0 Å². The highest BCUT2D eigenvalue weighted by Gasteiger charge is 2.29. The van der Waals surface area contributed by atoms with E-state index in [1.54, 1.807) is 0 Å². The van der Waals surface area contributed by atoms with Gasteiger partial charge in [0, 0.05) is 13.5 Å². The molecule has 0 saturated heterocycles. The smallest absolute Gasteiger partial charge is 0.245 e. The lowest BCUT2D eigenvalue weighted by Crippen LogP contribution is -2.57. The monoisotopic (exact) mass is 353 g/mol. The second kappa shape index (κ2) is 9.94. The summed E-state index contributed by atoms with van der Waals surface area (Å²) in [6, 6.07) is 7.24. The normalized spacial score (nSPS) is 14.2. The fraction of sp³-hybridized carbons (Fsp3) is 0.438. The quantitative estimate of drug-likeness (QED) is 0.397. The van der Waals surface area contributed by atoms with Crippen molar-refractivity contribution in [3.05, 3.63) is 35.9 Å². The molecule has 0 radical (unpaired) electrons. The van der Waals surface area contributed by atoms with E-state index >= 15 is 0 Å². The van der Waals surface area contributed by atoms with Gasteiger partial charge >= 0.3 is 0 Å². The van der Waals surface area contributed by atoms with Crippen LogP contribution >= 0.6 is 12.6 Å². The van der Waals surface area contributed by atoms with E-state index in [0.717, 1.165) is 5.56 Å². The first-order chi connectivity index (χ1) is 11.4. The Morgan fingerprint density at radius 1 is 1.12 bits per heavy atom. The molecule has 7 nitrogen and oxygen atoms in total. The summed E-state index contributed by atoms with van der Waals surface area (Å²) in [6.07, 6.45) is -0.824. The third-order valence-electron chi connectivity index (χ3n) is 3.39. The SMILES string of the molecule is CNC(=O)[C@H](Cc1ccccc1)NC(=O)[C@@H](NC(=O)CS)[C@@H](C)O. The zero-order valence-electron chi connectivity index (χ0n) is 13.7. The van der Waals surface area contributed by atoms with Gasteiger partial charge in [0.1, 0.15) is 12.1 Å². The lowest BCUT2D eigenvalue weighted by Gasteiger charge is -2.24. The molecule has 1 aromatic carbocycles. The summed E-state index contributed by atoms with van der Waals surface area (Å²) in [7, 11) is 1.47. The molecule has 0 unspecified atom stereocenters. The first-order valence-corrected chi connectivity index (χ1v) is 8.16. The highest BCUT2D eigenvalue weighted by molar-refractivity contribution is 7.81. The van der Waals surface area contributed by atoms with E-state index in [2.05, 4.69) is 28.6 Å². The standard InChI is InChI=1S/C16H23N3O4S/c1-10(20)14(19-13(21)9-24)16(23)18-12(15(22)17-2)8-11-6-4-3-5-7-11/h3-7,10,12,14,20,24H,8-9H2,1-2H3,(H,17,22)(H,18,23)(H,19,21)/t10-,12+,14+/m1/s1. The number of benzene rings is 1. The first-order valence-electron chi connectivity index (χ1n) is 7.53.